The minimum Gasteiger partial charge on any atom is -0.354 e. The molecule has 0 radical (unpaired) electrons. The van der Waals surface area contributed by atoms with Crippen molar-refractivity contribution in [3.63, 3.8) is 0 Å². The number of carbonyl (C=O) groups excluding carboxylic acids is 2. The van der Waals surface area contributed by atoms with E-state index in [9.17, 15) is 9.59 Å². The summed E-state index contributed by atoms with van der Waals surface area (Å²) in [6, 6.07) is 9.70. The van der Waals surface area contributed by atoms with Crippen LogP contribution in [0.1, 0.15) is 56.9 Å². The van der Waals surface area contributed by atoms with Gasteiger partial charge in [0, 0.05) is 6.54 Å². The highest BCUT2D eigenvalue weighted by Crippen LogP contribution is 2.39. The van der Waals surface area contributed by atoms with Crippen LogP contribution in [-0.2, 0) is 15.0 Å². The molecule has 1 aromatic rings. The molecular formula is C19H26N2O2. The maximum Gasteiger partial charge on any atom is 0.242 e. The number of hydrogen-bond acceptors (Lipinski definition) is 2. The number of rotatable bonds is 3. The van der Waals surface area contributed by atoms with Crippen molar-refractivity contribution in [3.8, 4) is 0 Å². The largest absolute Gasteiger partial charge is 0.354 e. The Kier molecular flexibility index (Phi) is 4.99. The molecule has 0 unspecified atom stereocenters. The first-order chi connectivity index (χ1) is 11.2. The van der Waals surface area contributed by atoms with Crippen molar-refractivity contribution in [1.29, 1.82) is 0 Å². The summed E-state index contributed by atoms with van der Waals surface area (Å²) in [6.07, 6.45) is 7.77. The van der Waals surface area contributed by atoms with Crippen molar-refractivity contribution in [2.75, 3.05) is 6.54 Å². The highest BCUT2D eigenvalue weighted by molar-refractivity contribution is 5.93. The highest BCUT2D eigenvalue weighted by atomic mass is 16.2. The van der Waals surface area contributed by atoms with Gasteiger partial charge in [-0.2, -0.15) is 0 Å². The van der Waals surface area contributed by atoms with Crippen LogP contribution in [-0.4, -0.2) is 24.4 Å². The number of amides is 2. The van der Waals surface area contributed by atoms with E-state index in [0.29, 0.717) is 0 Å². The molecule has 1 aliphatic heterocycles. The first-order valence-corrected chi connectivity index (χ1v) is 8.87. The predicted molar refractivity (Wildman–Crippen MR) is 90.0 cm³/mol. The SMILES string of the molecule is O=C1NCCCC[C@@H]1NC(=O)C1(c2ccccc2)CCCCC1. The lowest BCUT2D eigenvalue weighted by Gasteiger charge is -2.37. The lowest BCUT2D eigenvalue weighted by atomic mass is 9.68. The van der Waals surface area contributed by atoms with Gasteiger partial charge in [-0.05, 0) is 37.7 Å². The molecular weight excluding hydrogens is 288 g/mol. The summed E-state index contributed by atoms with van der Waals surface area (Å²) >= 11 is 0. The van der Waals surface area contributed by atoms with Crippen LogP contribution in [0.25, 0.3) is 0 Å². The van der Waals surface area contributed by atoms with Crippen LogP contribution in [0.15, 0.2) is 30.3 Å². The first-order valence-electron chi connectivity index (χ1n) is 8.87. The molecule has 1 saturated heterocycles. The molecule has 3 rings (SSSR count). The summed E-state index contributed by atoms with van der Waals surface area (Å²) < 4.78 is 0. The Morgan fingerprint density at radius 2 is 1.78 bits per heavy atom. The molecule has 1 aromatic carbocycles. The normalized spacial score (nSPS) is 24.3. The highest BCUT2D eigenvalue weighted by Gasteiger charge is 2.42. The topological polar surface area (TPSA) is 58.2 Å². The molecule has 0 bridgehead atoms. The summed E-state index contributed by atoms with van der Waals surface area (Å²) in [5.41, 5.74) is 0.623. The Morgan fingerprint density at radius 3 is 2.52 bits per heavy atom. The lowest BCUT2D eigenvalue weighted by molar-refractivity contribution is -0.133. The van der Waals surface area contributed by atoms with Gasteiger partial charge in [-0.25, -0.2) is 0 Å². The van der Waals surface area contributed by atoms with Crippen molar-refractivity contribution < 1.29 is 9.59 Å². The molecule has 1 heterocycles. The zero-order chi connectivity index (χ0) is 16.1. The molecule has 2 aliphatic rings. The third-order valence-electron chi connectivity index (χ3n) is 5.31. The standard InChI is InChI=1S/C19H26N2O2/c22-17-16(11-5-8-14-20-17)21-18(23)19(12-6-2-7-13-19)15-9-3-1-4-10-15/h1,3-4,9-10,16H,2,5-8,11-14H2,(H,20,22)(H,21,23)/t16-/m0/s1. The van der Waals surface area contributed by atoms with Gasteiger partial charge in [0.25, 0.3) is 0 Å². The quantitative estimate of drug-likeness (QED) is 0.901. The number of carbonyl (C=O) groups is 2. The van der Waals surface area contributed by atoms with Crippen LogP contribution in [0.4, 0.5) is 0 Å². The van der Waals surface area contributed by atoms with Gasteiger partial charge in [0.1, 0.15) is 6.04 Å². The van der Waals surface area contributed by atoms with Gasteiger partial charge in [-0.15, -0.1) is 0 Å². The second-order valence-corrected chi connectivity index (χ2v) is 6.82. The molecule has 23 heavy (non-hydrogen) atoms. The lowest BCUT2D eigenvalue weighted by Crippen LogP contribution is -2.53. The maximum atomic E-state index is 13.2. The zero-order valence-electron chi connectivity index (χ0n) is 13.6. The molecule has 2 fully saturated rings. The van der Waals surface area contributed by atoms with E-state index in [-0.39, 0.29) is 17.9 Å². The monoisotopic (exact) mass is 314 g/mol. The fourth-order valence-electron chi connectivity index (χ4n) is 3.93. The van der Waals surface area contributed by atoms with Crippen LogP contribution in [0.3, 0.4) is 0 Å². The Balaban J connectivity index is 1.82. The molecule has 1 aliphatic carbocycles. The van der Waals surface area contributed by atoms with Gasteiger partial charge in [0.05, 0.1) is 5.41 Å². The fraction of sp³-hybridized carbons (Fsp3) is 0.579. The molecule has 0 spiro atoms. The van der Waals surface area contributed by atoms with Crippen LogP contribution >= 0.6 is 0 Å². The number of hydrogen-bond donors (Lipinski definition) is 2. The van der Waals surface area contributed by atoms with Gasteiger partial charge in [0.15, 0.2) is 0 Å². The van der Waals surface area contributed by atoms with Crippen LogP contribution < -0.4 is 10.6 Å². The van der Waals surface area contributed by atoms with Gasteiger partial charge in [0.2, 0.25) is 11.8 Å². The third-order valence-corrected chi connectivity index (χ3v) is 5.31. The fourth-order valence-corrected chi connectivity index (χ4v) is 3.93. The van der Waals surface area contributed by atoms with E-state index in [1.54, 1.807) is 0 Å². The Hall–Kier alpha value is -1.84. The number of benzene rings is 1. The second kappa shape index (κ2) is 7.16. The molecule has 2 amide bonds. The van der Waals surface area contributed by atoms with Crippen molar-refractivity contribution in [2.24, 2.45) is 0 Å². The first kappa shape index (κ1) is 16.0. The summed E-state index contributed by atoms with van der Waals surface area (Å²) in [6.45, 7) is 0.717. The molecule has 4 heteroatoms. The zero-order valence-corrected chi connectivity index (χ0v) is 13.6. The van der Waals surface area contributed by atoms with Gasteiger partial charge < -0.3 is 10.6 Å². The Labute approximate surface area is 138 Å². The van der Waals surface area contributed by atoms with Crippen molar-refractivity contribution in [1.82, 2.24) is 10.6 Å². The molecule has 4 nitrogen and oxygen atoms in total. The molecule has 124 valence electrons. The Morgan fingerprint density at radius 1 is 1.04 bits per heavy atom. The third kappa shape index (κ3) is 3.41. The van der Waals surface area contributed by atoms with Gasteiger partial charge >= 0.3 is 0 Å². The molecule has 2 N–H and O–H groups in total. The van der Waals surface area contributed by atoms with Crippen molar-refractivity contribution in [3.05, 3.63) is 35.9 Å². The average Bonchev–Trinajstić information content (AvgIpc) is 2.81. The van der Waals surface area contributed by atoms with Gasteiger partial charge in [-0.1, -0.05) is 49.6 Å². The maximum absolute atomic E-state index is 13.2. The predicted octanol–water partition coefficient (Wildman–Crippen LogP) is 2.67. The van der Waals surface area contributed by atoms with E-state index in [0.717, 1.165) is 57.1 Å². The molecule has 0 aromatic heterocycles. The summed E-state index contributed by atoms with van der Waals surface area (Å²) in [7, 11) is 0. The van der Waals surface area contributed by atoms with Crippen LogP contribution in [0.5, 0.6) is 0 Å². The molecule has 1 saturated carbocycles. The number of nitrogens with one attached hydrogen (secondary N) is 2. The molecule has 1 atom stereocenters. The minimum absolute atomic E-state index is 0.0325. The van der Waals surface area contributed by atoms with Crippen LogP contribution in [0, 0.1) is 0 Å². The second-order valence-electron chi connectivity index (χ2n) is 6.82. The minimum atomic E-state index is -0.466. The summed E-state index contributed by atoms with van der Waals surface area (Å²) in [5, 5.41) is 5.97. The average molecular weight is 314 g/mol. The van der Waals surface area contributed by atoms with E-state index >= 15 is 0 Å². The smallest absolute Gasteiger partial charge is 0.242 e. The van der Waals surface area contributed by atoms with Crippen LogP contribution in [0.2, 0.25) is 0 Å². The van der Waals surface area contributed by atoms with E-state index in [4.69, 9.17) is 0 Å². The Bertz CT molecular complexity index is 550. The van der Waals surface area contributed by atoms with E-state index < -0.39 is 5.41 Å². The van der Waals surface area contributed by atoms with E-state index in [1.807, 2.05) is 18.2 Å². The van der Waals surface area contributed by atoms with E-state index in [1.165, 1.54) is 6.42 Å². The van der Waals surface area contributed by atoms with Crippen molar-refractivity contribution in [2.45, 2.75) is 62.8 Å². The van der Waals surface area contributed by atoms with Gasteiger partial charge in [-0.3, -0.25) is 9.59 Å². The summed E-state index contributed by atoms with van der Waals surface area (Å²) in [4.78, 5) is 25.3. The van der Waals surface area contributed by atoms with E-state index in [2.05, 4.69) is 22.8 Å². The van der Waals surface area contributed by atoms with Crippen molar-refractivity contribution >= 4 is 11.8 Å². The summed E-state index contributed by atoms with van der Waals surface area (Å²) in [5.74, 6) is 0.000297.